The maximum atomic E-state index is 12.6. The minimum absolute atomic E-state index is 0.000691. The van der Waals surface area contributed by atoms with Gasteiger partial charge in [0.2, 0.25) is 5.91 Å². The zero-order chi connectivity index (χ0) is 31.1. The maximum Gasteiger partial charge on any atom is 0.573 e. The van der Waals surface area contributed by atoms with Crippen LogP contribution in [0.5, 0.6) is 5.75 Å². The summed E-state index contributed by atoms with van der Waals surface area (Å²) in [6.07, 6.45) is 0.292. The molecule has 4 aromatic rings. The van der Waals surface area contributed by atoms with E-state index < -0.39 is 6.36 Å². The molecule has 3 aromatic carbocycles. The summed E-state index contributed by atoms with van der Waals surface area (Å²) in [6, 6.07) is 21.2. The summed E-state index contributed by atoms with van der Waals surface area (Å²) in [5, 5.41) is 8.60. The molecule has 0 spiro atoms. The van der Waals surface area contributed by atoms with Gasteiger partial charge in [0.05, 0.1) is 17.1 Å². The van der Waals surface area contributed by atoms with Gasteiger partial charge in [0.1, 0.15) is 12.1 Å². The van der Waals surface area contributed by atoms with Crippen molar-refractivity contribution in [2.75, 3.05) is 17.2 Å². The second-order valence-corrected chi connectivity index (χ2v) is 11.2. The Morgan fingerprint density at radius 3 is 2.55 bits per heavy atom. The van der Waals surface area contributed by atoms with Crippen molar-refractivity contribution < 1.29 is 22.7 Å². The van der Waals surface area contributed by atoms with Crippen molar-refractivity contribution in [2.45, 2.75) is 39.0 Å². The number of anilines is 1. The third-order valence-electron chi connectivity index (χ3n) is 6.78. The number of thioether (sulfide) groups is 1. The molecule has 0 atom stereocenters. The van der Waals surface area contributed by atoms with Crippen molar-refractivity contribution in [3.05, 3.63) is 90.3 Å². The standard InChI is InChI=1S/C31H29F3N6O2S2/c1-2-22-8-3-4-9-26(22)40-27(41)19-44-30(40)37-29(43)35-18-6-5-7-21-10-12-23(13-11-21)28-36-20-39(38-28)24-14-16-25(17-15-24)42-31(32,33)34/h3-4,8-17,20H,2,5-7,18-19H2,1H3,(H,35,43)/b37-30-. The number of aliphatic imine (C=N–C) groups is 1. The second kappa shape index (κ2) is 14.0. The fourth-order valence-electron chi connectivity index (χ4n) is 4.63. The zero-order valence-electron chi connectivity index (χ0n) is 23.8. The number of alkyl halides is 3. The predicted octanol–water partition coefficient (Wildman–Crippen LogP) is 6.73. The van der Waals surface area contributed by atoms with Gasteiger partial charge in [-0.05, 0) is 79.4 Å². The van der Waals surface area contributed by atoms with Crippen LogP contribution in [-0.4, -0.2) is 49.6 Å². The van der Waals surface area contributed by atoms with E-state index in [1.807, 2.05) is 48.5 Å². The number of ether oxygens (including phenoxy) is 1. The molecule has 1 aromatic heterocycles. The van der Waals surface area contributed by atoms with E-state index in [0.29, 0.717) is 34.1 Å². The summed E-state index contributed by atoms with van der Waals surface area (Å²) >= 11 is 6.84. The summed E-state index contributed by atoms with van der Waals surface area (Å²) in [6.45, 7) is 2.73. The number of amides is 1. The van der Waals surface area contributed by atoms with Gasteiger partial charge in [-0.3, -0.25) is 9.69 Å². The molecule has 5 rings (SSSR count). The molecule has 1 amide bonds. The number of carbonyl (C=O) groups excluding carboxylic acids is 1. The van der Waals surface area contributed by atoms with Crippen molar-refractivity contribution in [3.8, 4) is 22.8 Å². The van der Waals surface area contributed by atoms with Crippen molar-refractivity contribution >= 4 is 45.9 Å². The number of nitrogens with zero attached hydrogens (tertiary/aromatic N) is 5. The molecule has 0 saturated carbocycles. The first-order valence-electron chi connectivity index (χ1n) is 14.0. The number of para-hydroxylation sites is 1. The fraction of sp³-hybridized carbons (Fsp3) is 0.258. The van der Waals surface area contributed by atoms with Gasteiger partial charge in [0, 0.05) is 12.1 Å². The minimum atomic E-state index is -4.74. The Bertz CT molecular complexity index is 1640. The van der Waals surface area contributed by atoms with Crippen LogP contribution < -0.4 is 15.0 Å². The minimum Gasteiger partial charge on any atom is -0.406 e. The van der Waals surface area contributed by atoms with Gasteiger partial charge in [-0.25, -0.2) is 9.67 Å². The molecule has 2 heterocycles. The third kappa shape index (κ3) is 8.03. The van der Waals surface area contributed by atoms with E-state index in [9.17, 15) is 18.0 Å². The number of halogens is 3. The largest absolute Gasteiger partial charge is 0.573 e. The monoisotopic (exact) mass is 638 g/mol. The normalized spacial score (nSPS) is 14.3. The SMILES string of the molecule is CCc1ccccc1N1C(=O)CS/C1=N\C(=S)NCCCCc1ccc(-c2ncn(-c3ccc(OC(F)(F)F)cc3)n2)cc1. The van der Waals surface area contributed by atoms with Crippen LogP contribution in [0, 0.1) is 0 Å². The van der Waals surface area contributed by atoms with E-state index in [2.05, 4.69) is 32.1 Å². The summed E-state index contributed by atoms with van der Waals surface area (Å²) < 4.78 is 42.6. The van der Waals surface area contributed by atoms with Crippen LogP contribution in [-0.2, 0) is 17.6 Å². The van der Waals surface area contributed by atoms with Crippen molar-refractivity contribution in [2.24, 2.45) is 4.99 Å². The first kappa shape index (κ1) is 31.2. The van der Waals surface area contributed by atoms with Crippen LogP contribution in [0.15, 0.2) is 84.1 Å². The van der Waals surface area contributed by atoms with E-state index in [-0.39, 0.29) is 11.7 Å². The van der Waals surface area contributed by atoms with Gasteiger partial charge >= 0.3 is 6.36 Å². The van der Waals surface area contributed by atoms with E-state index in [4.69, 9.17) is 12.2 Å². The number of nitrogens with one attached hydrogen (secondary N) is 1. The maximum absolute atomic E-state index is 12.6. The Kier molecular flexibility index (Phi) is 9.95. The van der Waals surface area contributed by atoms with E-state index >= 15 is 0 Å². The Morgan fingerprint density at radius 1 is 1.07 bits per heavy atom. The van der Waals surface area contributed by atoms with Gasteiger partial charge in [0.15, 0.2) is 16.1 Å². The zero-order valence-corrected chi connectivity index (χ0v) is 25.4. The Hall–Kier alpha value is -4.23. The van der Waals surface area contributed by atoms with Gasteiger partial charge in [-0.15, -0.1) is 18.3 Å². The molecule has 0 unspecified atom stereocenters. The van der Waals surface area contributed by atoms with Gasteiger partial charge < -0.3 is 10.1 Å². The fourth-order valence-corrected chi connectivity index (χ4v) is 5.74. The highest BCUT2D eigenvalue weighted by Crippen LogP contribution is 2.30. The van der Waals surface area contributed by atoms with Crippen LogP contribution in [0.2, 0.25) is 0 Å². The second-order valence-electron chi connectivity index (χ2n) is 9.83. The van der Waals surface area contributed by atoms with E-state index in [1.54, 1.807) is 4.90 Å². The summed E-state index contributed by atoms with van der Waals surface area (Å²) in [4.78, 5) is 23.1. The molecular formula is C31H29F3N6O2S2. The number of carbonyl (C=O) groups is 1. The number of amidine groups is 1. The molecule has 8 nitrogen and oxygen atoms in total. The Balaban J connectivity index is 1.08. The number of unbranched alkanes of at least 4 members (excludes halogenated alkanes) is 1. The summed E-state index contributed by atoms with van der Waals surface area (Å²) in [5.41, 5.74) is 4.50. The van der Waals surface area contributed by atoms with Crippen molar-refractivity contribution in [1.29, 1.82) is 0 Å². The number of aromatic nitrogens is 3. The average molecular weight is 639 g/mol. The summed E-state index contributed by atoms with van der Waals surface area (Å²) in [7, 11) is 0. The molecule has 0 aliphatic carbocycles. The molecule has 13 heteroatoms. The van der Waals surface area contributed by atoms with E-state index in [0.717, 1.165) is 42.5 Å². The Labute approximate surface area is 262 Å². The van der Waals surface area contributed by atoms with Crippen LogP contribution in [0.3, 0.4) is 0 Å². The number of hydrogen-bond donors (Lipinski definition) is 1. The molecule has 44 heavy (non-hydrogen) atoms. The highest BCUT2D eigenvalue weighted by molar-refractivity contribution is 8.15. The molecule has 1 N–H and O–H groups in total. The van der Waals surface area contributed by atoms with Gasteiger partial charge in [0.25, 0.3) is 0 Å². The number of hydrogen-bond acceptors (Lipinski definition) is 6. The topological polar surface area (TPSA) is 84.6 Å². The lowest BCUT2D eigenvalue weighted by atomic mass is 10.1. The lowest BCUT2D eigenvalue weighted by Crippen LogP contribution is -2.32. The molecular weight excluding hydrogens is 610 g/mol. The average Bonchev–Trinajstić information content (AvgIpc) is 3.64. The summed E-state index contributed by atoms with van der Waals surface area (Å²) in [5.74, 6) is 0.547. The van der Waals surface area contributed by atoms with Crippen LogP contribution in [0.1, 0.15) is 30.9 Å². The highest BCUT2D eigenvalue weighted by atomic mass is 32.2. The van der Waals surface area contributed by atoms with E-state index in [1.165, 1.54) is 52.6 Å². The van der Waals surface area contributed by atoms with Gasteiger partial charge in [-0.1, -0.05) is 61.2 Å². The number of rotatable bonds is 10. The van der Waals surface area contributed by atoms with Crippen LogP contribution in [0.25, 0.3) is 17.1 Å². The highest BCUT2D eigenvalue weighted by Gasteiger charge is 2.32. The number of thiocarbonyl (C=S) groups is 1. The smallest absolute Gasteiger partial charge is 0.406 e. The molecule has 0 bridgehead atoms. The molecule has 1 saturated heterocycles. The molecule has 1 aliphatic heterocycles. The van der Waals surface area contributed by atoms with Crippen molar-refractivity contribution in [1.82, 2.24) is 20.1 Å². The number of aryl methyl sites for hydroxylation is 2. The van der Waals surface area contributed by atoms with Gasteiger partial charge in [-0.2, -0.15) is 4.99 Å². The molecule has 1 fully saturated rings. The quantitative estimate of drug-likeness (QED) is 0.152. The van der Waals surface area contributed by atoms with Crippen LogP contribution >= 0.6 is 24.0 Å². The molecule has 228 valence electrons. The lowest BCUT2D eigenvalue weighted by Gasteiger charge is -2.19. The first-order valence-corrected chi connectivity index (χ1v) is 15.4. The number of benzene rings is 3. The lowest BCUT2D eigenvalue weighted by molar-refractivity contribution is -0.274. The molecule has 1 aliphatic rings. The van der Waals surface area contributed by atoms with Crippen LogP contribution in [0.4, 0.5) is 18.9 Å². The Morgan fingerprint density at radius 2 is 1.82 bits per heavy atom. The third-order valence-corrected chi connectivity index (χ3v) is 7.94. The molecule has 0 radical (unpaired) electrons. The first-order chi connectivity index (χ1) is 21.2. The predicted molar refractivity (Wildman–Crippen MR) is 170 cm³/mol. The van der Waals surface area contributed by atoms with Crippen molar-refractivity contribution in [3.63, 3.8) is 0 Å².